The lowest BCUT2D eigenvalue weighted by molar-refractivity contribution is -0.122. The Balaban J connectivity index is 2.32. The second-order valence-corrected chi connectivity index (χ2v) is 5.61. The van der Waals surface area contributed by atoms with Crippen molar-refractivity contribution in [3.05, 3.63) is 35.4 Å². The van der Waals surface area contributed by atoms with Gasteiger partial charge in [0.05, 0.1) is 6.54 Å². The number of carbonyl (C=O) groups excluding carboxylic acids is 2. The average molecular weight is 352 g/mol. The molecule has 0 aliphatic heterocycles. The molecule has 1 aromatic carbocycles. The predicted octanol–water partition coefficient (Wildman–Crippen LogP) is 0.599. The zero-order valence-electron chi connectivity index (χ0n) is 14.2. The van der Waals surface area contributed by atoms with Crippen LogP contribution in [0.4, 0.5) is 0 Å². The molecule has 0 saturated carbocycles. The molecular formula is C16H24N4O3S. The largest absolute Gasteiger partial charge is 0.385 e. The Hall–Kier alpha value is -2.19. The van der Waals surface area contributed by atoms with Gasteiger partial charge in [0.2, 0.25) is 0 Å². The van der Waals surface area contributed by atoms with E-state index in [9.17, 15) is 9.59 Å². The maximum Gasteiger partial charge on any atom is 0.257 e. The highest BCUT2D eigenvalue weighted by molar-refractivity contribution is 7.80. The van der Waals surface area contributed by atoms with Crippen molar-refractivity contribution < 1.29 is 14.3 Å². The maximum atomic E-state index is 12.0. The van der Waals surface area contributed by atoms with Crippen LogP contribution in [0.15, 0.2) is 24.3 Å². The summed E-state index contributed by atoms with van der Waals surface area (Å²) in [4.78, 5) is 23.8. The minimum Gasteiger partial charge on any atom is -0.385 e. The molecule has 0 unspecified atom stereocenters. The van der Waals surface area contributed by atoms with E-state index in [1.54, 1.807) is 32.4 Å². The van der Waals surface area contributed by atoms with Crippen LogP contribution in [-0.4, -0.2) is 55.8 Å². The average Bonchev–Trinajstić information content (AvgIpc) is 2.56. The Morgan fingerprint density at radius 3 is 2.71 bits per heavy atom. The Labute approximate surface area is 147 Å². The van der Waals surface area contributed by atoms with E-state index in [0.29, 0.717) is 23.8 Å². The number of hydrazine groups is 1. The molecule has 8 heteroatoms. The third kappa shape index (κ3) is 7.38. The van der Waals surface area contributed by atoms with E-state index in [0.717, 1.165) is 12.0 Å². The van der Waals surface area contributed by atoms with Crippen LogP contribution in [-0.2, 0) is 9.53 Å². The molecule has 0 saturated heterocycles. The molecule has 0 radical (unpaired) electrons. The maximum absolute atomic E-state index is 12.0. The normalized spacial score (nSPS) is 9.96. The number of benzene rings is 1. The monoisotopic (exact) mass is 352 g/mol. The van der Waals surface area contributed by atoms with E-state index in [1.165, 1.54) is 5.01 Å². The van der Waals surface area contributed by atoms with Crippen molar-refractivity contribution in [1.82, 2.24) is 21.1 Å². The fourth-order valence-corrected chi connectivity index (χ4v) is 2.00. The smallest absolute Gasteiger partial charge is 0.257 e. The summed E-state index contributed by atoms with van der Waals surface area (Å²) in [5.41, 5.74) is 4.09. The highest BCUT2D eigenvalue weighted by Gasteiger charge is 2.11. The van der Waals surface area contributed by atoms with Gasteiger partial charge in [-0.15, -0.1) is 0 Å². The number of methoxy groups -OCH3 is 1. The zero-order chi connectivity index (χ0) is 17.9. The van der Waals surface area contributed by atoms with Gasteiger partial charge in [-0.25, -0.2) is 0 Å². The standard InChI is InChI=1S/C16H24N4O3S/c1-12-6-4-7-13(10-12)15(22)18-11-14(21)19-20(2)16(24)17-8-5-9-23-3/h4,6-7,10H,5,8-9,11H2,1-3H3,(H,17,24)(H,18,22)(H,19,21). The number of amides is 2. The molecule has 3 N–H and O–H groups in total. The van der Waals surface area contributed by atoms with Crippen LogP contribution >= 0.6 is 12.2 Å². The van der Waals surface area contributed by atoms with Crippen LogP contribution < -0.4 is 16.1 Å². The first-order valence-electron chi connectivity index (χ1n) is 7.59. The highest BCUT2D eigenvalue weighted by Crippen LogP contribution is 2.03. The number of rotatable bonds is 7. The summed E-state index contributed by atoms with van der Waals surface area (Å²) in [5.74, 6) is -0.656. The van der Waals surface area contributed by atoms with Gasteiger partial charge in [0, 0.05) is 32.9 Å². The quantitative estimate of drug-likeness (QED) is 0.379. The number of hydrogen-bond acceptors (Lipinski definition) is 4. The van der Waals surface area contributed by atoms with Crippen molar-refractivity contribution >= 4 is 29.1 Å². The molecule has 1 rings (SSSR count). The fourth-order valence-electron chi connectivity index (χ4n) is 1.86. The topological polar surface area (TPSA) is 82.7 Å². The van der Waals surface area contributed by atoms with Gasteiger partial charge in [-0.2, -0.15) is 0 Å². The number of nitrogens with zero attached hydrogens (tertiary/aromatic N) is 1. The second-order valence-electron chi connectivity index (χ2n) is 5.22. The minimum absolute atomic E-state index is 0.136. The van der Waals surface area contributed by atoms with Crippen LogP contribution in [0.5, 0.6) is 0 Å². The number of carbonyl (C=O) groups is 2. The molecule has 0 heterocycles. The van der Waals surface area contributed by atoms with Crippen molar-refractivity contribution in [2.24, 2.45) is 0 Å². The van der Waals surface area contributed by atoms with Crippen molar-refractivity contribution in [3.8, 4) is 0 Å². The molecule has 24 heavy (non-hydrogen) atoms. The molecule has 0 aliphatic carbocycles. The molecule has 7 nitrogen and oxygen atoms in total. The molecule has 0 aliphatic rings. The predicted molar refractivity (Wildman–Crippen MR) is 96.5 cm³/mol. The van der Waals surface area contributed by atoms with Crippen LogP contribution in [0.1, 0.15) is 22.3 Å². The van der Waals surface area contributed by atoms with E-state index in [-0.39, 0.29) is 18.4 Å². The summed E-state index contributed by atoms with van der Waals surface area (Å²) in [7, 11) is 3.27. The molecule has 132 valence electrons. The van der Waals surface area contributed by atoms with Gasteiger partial charge in [0.1, 0.15) is 0 Å². The summed E-state index contributed by atoms with van der Waals surface area (Å²) in [6.45, 7) is 3.05. The first-order valence-corrected chi connectivity index (χ1v) is 7.99. The van der Waals surface area contributed by atoms with Gasteiger partial charge in [-0.3, -0.25) is 20.0 Å². The van der Waals surface area contributed by atoms with Gasteiger partial charge >= 0.3 is 0 Å². The van der Waals surface area contributed by atoms with Crippen LogP contribution in [0.25, 0.3) is 0 Å². The lowest BCUT2D eigenvalue weighted by Gasteiger charge is -2.21. The van der Waals surface area contributed by atoms with Crippen LogP contribution in [0.2, 0.25) is 0 Å². The third-order valence-corrected chi connectivity index (χ3v) is 3.51. The summed E-state index contributed by atoms with van der Waals surface area (Å²) in [6, 6.07) is 7.16. The molecule has 2 amide bonds. The van der Waals surface area contributed by atoms with E-state index >= 15 is 0 Å². The van der Waals surface area contributed by atoms with Crippen molar-refractivity contribution in [3.63, 3.8) is 0 Å². The molecule has 1 aromatic rings. The summed E-state index contributed by atoms with van der Waals surface area (Å²) in [5, 5.41) is 7.37. The number of hydrogen-bond donors (Lipinski definition) is 3. The Bertz CT molecular complexity index is 580. The fraction of sp³-hybridized carbons (Fsp3) is 0.438. The number of aryl methyl sites for hydroxylation is 1. The zero-order valence-corrected chi connectivity index (χ0v) is 15.0. The van der Waals surface area contributed by atoms with Crippen molar-refractivity contribution in [2.75, 3.05) is 33.9 Å². The summed E-state index contributed by atoms with van der Waals surface area (Å²) < 4.78 is 4.94. The molecule has 0 aromatic heterocycles. The SMILES string of the molecule is COCCCNC(=S)N(C)NC(=O)CNC(=O)c1cccc(C)c1. The lowest BCUT2D eigenvalue weighted by Crippen LogP contribution is -2.50. The molecule has 0 bridgehead atoms. The van der Waals surface area contributed by atoms with Gasteiger partial charge in [-0.1, -0.05) is 17.7 Å². The summed E-state index contributed by atoms with van der Waals surface area (Å²) >= 11 is 5.14. The van der Waals surface area contributed by atoms with Gasteiger partial charge in [0.15, 0.2) is 5.11 Å². The third-order valence-electron chi connectivity index (χ3n) is 3.09. The van der Waals surface area contributed by atoms with Crippen LogP contribution in [0.3, 0.4) is 0 Å². The van der Waals surface area contributed by atoms with E-state index in [1.807, 2.05) is 13.0 Å². The van der Waals surface area contributed by atoms with Crippen molar-refractivity contribution in [2.45, 2.75) is 13.3 Å². The summed E-state index contributed by atoms with van der Waals surface area (Å²) in [6.07, 6.45) is 0.810. The lowest BCUT2D eigenvalue weighted by atomic mass is 10.1. The van der Waals surface area contributed by atoms with E-state index in [2.05, 4.69) is 16.1 Å². The van der Waals surface area contributed by atoms with Gasteiger partial charge < -0.3 is 15.4 Å². The van der Waals surface area contributed by atoms with E-state index in [4.69, 9.17) is 17.0 Å². The number of ether oxygens (including phenoxy) is 1. The van der Waals surface area contributed by atoms with E-state index < -0.39 is 0 Å². The number of thiocarbonyl (C=S) groups is 1. The Morgan fingerprint density at radius 1 is 1.29 bits per heavy atom. The first kappa shape index (κ1) is 19.9. The first-order chi connectivity index (χ1) is 11.4. The molecular weight excluding hydrogens is 328 g/mol. The van der Waals surface area contributed by atoms with Gasteiger partial charge in [-0.05, 0) is 37.7 Å². The number of nitrogens with one attached hydrogen (secondary N) is 3. The second kappa shape index (κ2) is 10.6. The molecule has 0 spiro atoms. The highest BCUT2D eigenvalue weighted by atomic mass is 32.1. The van der Waals surface area contributed by atoms with Crippen LogP contribution in [0, 0.1) is 6.92 Å². The molecule has 0 fully saturated rings. The Morgan fingerprint density at radius 2 is 2.04 bits per heavy atom. The van der Waals surface area contributed by atoms with Crippen molar-refractivity contribution in [1.29, 1.82) is 0 Å². The molecule has 0 atom stereocenters. The minimum atomic E-state index is -0.362. The Kier molecular flexibility index (Phi) is 8.74. The van der Waals surface area contributed by atoms with Gasteiger partial charge in [0.25, 0.3) is 11.8 Å².